The molecule has 1 aliphatic carbocycles. The number of carbonyl (C=O) groups is 2. The summed E-state index contributed by atoms with van der Waals surface area (Å²) >= 11 is 1.48. The number of nitrogens with two attached hydrogens (primary N) is 1. The second kappa shape index (κ2) is 5.74. The van der Waals surface area contributed by atoms with Gasteiger partial charge in [-0.05, 0) is 43.7 Å². The molecule has 2 N–H and O–H groups in total. The first-order valence-corrected chi connectivity index (χ1v) is 7.44. The van der Waals surface area contributed by atoms with E-state index >= 15 is 0 Å². The fourth-order valence-electron chi connectivity index (χ4n) is 2.32. The third-order valence-electron chi connectivity index (χ3n) is 3.65. The fraction of sp³-hybridized carbons (Fsp3) is 0.571. The Morgan fingerprint density at radius 1 is 1.58 bits per heavy atom. The van der Waals surface area contributed by atoms with Gasteiger partial charge in [-0.15, -0.1) is 11.3 Å². The quantitative estimate of drug-likeness (QED) is 0.861. The molecule has 4 nitrogen and oxygen atoms in total. The van der Waals surface area contributed by atoms with Gasteiger partial charge in [0.15, 0.2) is 6.10 Å². The molecule has 0 saturated carbocycles. The summed E-state index contributed by atoms with van der Waals surface area (Å²) in [5.41, 5.74) is 6.35. The Labute approximate surface area is 116 Å². The smallest absolute Gasteiger partial charge is 0.349 e. The van der Waals surface area contributed by atoms with Gasteiger partial charge in [-0.1, -0.05) is 13.3 Å². The summed E-state index contributed by atoms with van der Waals surface area (Å²) in [6.45, 7) is 3.69. The molecule has 0 aromatic carbocycles. The van der Waals surface area contributed by atoms with Crippen molar-refractivity contribution in [3.8, 4) is 0 Å². The van der Waals surface area contributed by atoms with Crippen LogP contribution in [0.5, 0.6) is 0 Å². The number of thiophene rings is 1. The summed E-state index contributed by atoms with van der Waals surface area (Å²) in [4.78, 5) is 24.7. The summed E-state index contributed by atoms with van der Waals surface area (Å²) in [7, 11) is 0. The number of primary amides is 1. The Bertz CT molecular complexity index is 495. The van der Waals surface area contributed by atoms with Crippen molar-refractivity contribution in [2.45, 2.75) is 45.6 Å². The summed E-state index contributed by atoms with van der Waals surface area (Å²) in [6.07, 6.45) is 3.57. The van der Waals surface area contributed by atoms with Crippen molar-refractivity contribution in [2.75, 3.05) is 0 Å². The van der Waals surface area contributed by atoms with Crippen LogP contribution in [-0.2, 0) is 22.4 Å². The topological polar surface area (TPSA) is 69.4 Å². The molecule has 0 spiro atoms. The highest BCUT2D eigenvalue weighted by Crippen LogP contribution is 2.33. The third-order valence-corrected chi connectivity index (χ3v) is 4.87. The molecule has 0 saturated heterocycles. The molecule has 0 bridgehead atoms. The molecule has 1 heterocycles. The van der Waals surface area contributed by atoms with Crippen LogP contribution in [-0.4, -0.2) is 18.0 Å². The highest BCUT2D eigenvalue weighted by atomic mass is 32.1. The zero-order valence-corrected chi connectivity index (χ0v) is 12.1. The lowest BCUT2D eigenvalue weighted by atomic mass is 9.87. The number of aryl methyl sites for hydroxylation is 1. The van der Waals surface area contributed by atoms with Gasteiger partial charge in [0.2, 0.25) is 0 Å². The summed E-state index contributed by atoms with van der Waals surface area (Å²) in [6, 6.07) is 1.91. The molecule has 0 unspecified atom stereocenters. The maximum absolute atomic E-state index is 11.9. The van der Waals surface area contributed by atoms with E-state index in [1.54, 1.807) is 0 Å². The first kappa shape index (κ1) is 14.1. The Morgan fingerprint density at radius 3 is 2.95 bits per heavy atom. The average molecular weight is 281 g/mol. The maximum atomic E-state index is 11.9. The van der Waals surface area contributed by atoms with Crippen molar-refractivity contribution in [3.63, 3.8) is 0 Å². The van der Waals surface area contributed by atoms with Crippen molar-refractivity contribution in [1.29, 1.82) is 0 Å². The second-order valence-corrected chi connectivity index (χ2v) is 6.16. The first-order valence-electron chi connectivity index (χ1n) is 6.63. The average Bonchev–Trinajstić information content (AvgIpc) is 2.81. The molecule has 2 rings (SSSR count). The van der Waals surface area contributed by atoms with E-state index in [4.69, 9.17) is 10.5 Å². The van der Waals surface area contributed by atoms with Gasteiger partial charge in [0, 0.05) is 4.88 Å². The minimum atomic E-state index is -0.880. The van der Waals surface area contributed by atoms with Gasteiger partial charge in [-0.25, -0.2) is 4.79 Å². The van der Waals surface area contributed by atoms with Crippen LogP contribution in [0.4, 0.5) is 0 Å². The number of rotatable bonds is 4. The van der Waals surface area contributed by atoms with E-state index in [1.807, 2.05) is 6.07 Å². The highest BCUT2D eigenvalue weighted by molar-refractivity contribution is 7.14. The fourth-order valence-corrected chi connectivity index (χ4v) is 3.42. The number of amides is 1. The van der Waals surface area contributed by atoms with E-state index in [9.17, 15) is 9.59 Å². The van der Waals surface area contributed by atoms with E-state index in [0.717, 1.165) is 18.8 Å². The van der Waals surface area contributed by atoms with Crippen LogP contribution < -0.4 is 5.73 Å². The molecule has 0 aliphatic heterocycles. The Morgan fingerprint density at radius 2 is 2.32 bits per heavy atom. The molecule has 5 heteroatoms. The maximum Gasteiger partial charge on any atom is 0.349 e. The highest BCUT2D eigenvalue weighted by Gasteiger charge is 2.24. The van der Waals surface area contributed by atoms with Crippen molar-refractivity contribution >= 4 is 23.2 Å². The molecule has 1 aromatic rings. The summed E-state index contributed by atoms with van der Waals surface area (Å²) in [5.74, 6) is -0.352. The van der Waals surface area contributed by atoms with Crippen LogP contribution in [0.1, 0.15) is 46.8 Å². The van der Waals surface area contributed by atoms with E-state index in [2.05, 4.69) is 6.92 Å². The predicted octanol–water partition coefficient (Wildman–Crippen LogP) is 2.29. The Kier molecular flexibility index (Phi) is 4.24. The van der Waals surface area contributed by atoms with E-state index in [0.29, 0.717) is 4.88 Å². The zero-order valence-electron chi connectivity index (χ0n) is 11.3. The molecule has 0 fully saturated rings. The third kappa shape index (κ3) is 3.15. The van der Waals surface area contributed by atoms with Crippen LogP contribution >= 0.6 is 11.3 Å². The summed E-state index contributed by atoms with van der Waals surface area (Å²) < 4.78 is 5.03. The van der Waals surface area contributed by atoms with Gasteiger partial charge in [-0.3, -0.25) is 4.79 Å². The predicted molar refractivity (Wildman–Crippen MR) is 74.2 cm³/mol. The standard InChI is InChI=1S/C14H19NO3S/c1-3-9-4-5-11-10(6-9)7-12(19-11)14(17)18-8(2)13(15)16/h7-9H,3-6H2,1-2H3,(H2,15,16)/t8-,9+/m0/s1. The Hall–Kier alpha value is -1.36. The van der Waals surface area contributed by atoms with Crippen LogP contribution in [0.2, 0.25) is 0 Å². The minimum Gasteiger partial charge on any atom is -0.448 e. The van der Waals surface area contributed by atoms with Crippen molar-refractivity contribution in [2.24, 2.45) is 11.7 Å². The van der Waals surface area contributed by atoms with Gasteiger partial charge in [0.05, 0.1) is 0 Å². The van der Waals surface area contributed by atoms with Gasteiger partial charge in [0.25, 0.3) is 5.91 Å². The molecule has 1 aromatic heterocycles. The lowest BCUT2D eigenvalue weighted by Gasteiger charge is -2.19. The van der Waals surface area contributed by atoms with Crippen LogP contribution in [0.25, 0.3) is 0 Å². The van der Waals surface area contributed by atoms with Gasteiger partial charge < -0.3 is 10.5 Å². The van der Waals surface area contributed by atoms with Crippen LogP contribution in [0.15, 0.2) is 6.07 Å². The van der Waals surface area contributed by atoms with Crippen LogP contribution in [0.3, 0.4) is 0 Å². The lowest BCUT2D eigenvalue weighted by molar-refractivity contribution is -0.125. The SMILES string of the molecule is CC[C@@H]1CCc2sc(C(=O)O[C@@H](C)C(N)=O)cc2C1. The van der Waals surface area contributed by atoms with Crippen molar-refractivity contribution < 1.29 is 14.3 Å². The second-order valence-electron chi connectivity index (χ2n) is 5.03. The van der Waals surface area contributed by atoms with Gasteiger partial charge in [-0.2, -0.15) is 0 Å². The zero-order chi connectivity index (χ0) is 14.0. The number of esters is 1. The molecule has 19 heavy (non-hydrogen) atoms. The van der Waals surface area contributed by atoms with E-state index in [1.165, 1.54) is 41.5 Å². The Balaban J connectivity index is 2.08. The van der Waals surface area contributed by atoms with Gasteiger partial charge >= 0.3 is 5.97 Å². The number of hydrogen-bond acceptors (Lipinski definition) is 4. The molecule has 0 radical (unpaired) electrons. The molecule has 1 aliphatic rings. The first-order chi connectivity index (χ1) is 9.01. The minimum absolute atomic E-state index is 0.446. The molecule has 104 valence electrons. The largest absolute Gasteiger partial charge is 0.448 e. The normalized spacial score (nSPS) is 19.6. The lowest BCUT2D eigenvalue weighted by Crippen LogP contribution is -2.30. The van der Waals surface area contributed by atoms with E-state index in [-0.39, 0.29) is 0 Å². The monoisotopic (exact) mass is 281 g/mol. The molecule has 2 atom stereocenters. The van der Waals surface area contributed by atoms with Crippen molar-refractivity contribution in [3.05, 3.63) is 21.4 Å². The number of hydrogen-bond donors (Lipinski definition) is 1. The molecule has 1 amide bonds. The van der Waals surface area contributed by atoms with Crippen molar-refractivity contribution in [1.82, 2.24) is 0 Å². The molecular formula is C14H19NO3S. The van der Waals surface area contributed by atoms with E-state index < -0.39 is 18.0 Å². The number of carbonyl (C=O) groups excluding carboxylic acids is 2. The number of fused-ring (bicyclic) bond motifs is 1. The summed E-state index contributed by atoms with van der Waals surface area (Å²) in [5, 5.41) is 0. The molecular weight excluding hydrogens is 262 g/mol. The number of ether oxygens (including phenoxy) is 1. The van der Waals surface area contributed by atoms with Crippen LogP contribution in [0, 0.1) is 5.92 Å². The van der Waals surface area contributed by atoms with Gasteiger partial charge in [0.1, 0.15) is 4.88 Å².